The number of allylic oxidation sites excluding steroid dienone is 2. The number of rotatable bonds is 18. The Morgan fingerprint density at radius 1 is 0.667 bits per heavy atom. The number of carbonyl (C=O) groups excluding carboxylic acids is 2. The van der Waals surface area contributed by atoms with Crippen LogP contribution in [-0.4, -0.2) is 67.3 Å². The van der Waals surface area contributed by atoms with Gasteiger partial charge in [0.25, 0.3) is 5.56 Å². The fourth-order valence-corrected chi connectivity index (χ4v) is 17.4. The molecule has 0 spiro atoms. The molecule has 5 fully saturated rings. The summed E-state index contributed by atoms with van der Waals surface area (Å²) in [5.74, 6) is 0.916. The molecule has 1 saturated heterocycles. The van der Waals surface area contributed by atoms with Crippen molar-refractivity contribution in [1.82, 2.24) is 24.1 Å². The Kier molecular flexibility index (Phi) is 16.8. The molecule has 0 amide bonds. The molecule has 6 aromatic rings. The largest absolute Gasteiger partial charge is 0.508 e. The van der Waals surface area contributed by atoms with E-state index in [1.165, 1.54) is 27.0 Å². The Labute approximate surface area is 511 Å². The lowest BCUT2D eigenvalue weighted by Crippen LogP contribution is -2.65. The number of nitrogens with zero attached hydrogens (tertiary/aromatic N) is 5. The second kappa shape index (κ2) is 24.2. The van der Waals surface area contributed by atoms with Crippen LogP contribution in [0.15, 0.2) is 161 Å². The molecule has 4 aromatic carbocycles. The van der Waals surface area contributed by atoms with Gasteiger partial charge in [-0.2, -0.15) is 0 Å². The second-order valence-corrected chi connectivity index (χ2v) is 28.2. The van der Waals surface area contributed by atoms with E-state index in [4.69, 9.17) is 28.4 Å². The van der Waals surface area contributed by atoms with Crippen molar-refractivity contribution in [1.29, 1.82) is 0 Å². The summed E-state index contributed by atoms with van der Waals surface area (Å²) in [5, 5.41) is 8.96. The molecule has 12 atom stereocenters. The Morgan fingerprint density at radius 2 is 1.29 bits per heavy atom. The molecular weight excluding hydrogens is 1090 g/mol. The number of hydrogen-bond donors (Lipinski definition) is 0. The summed E-state index contributed by atoms with van der Waals surface area (Å²) in [6.45, 7) is 18.2. The van der Waals surface area contributed by atoms with E-state index in [-0.39, 0.29) is 84.4 Å². The fraction of sp³-hybridized carbons (Fsp3) is 0.528. The highest BCUT2D eigenvalue weighted by Gasteiger charge is 2.70. The van der Waals surface area contributed by atoms with E-state index in [2.05, 4.69) is 64.9 Å². The third kappa shape index (κ3) is 11.6. The van der Waals surface area contributed by atoms with Crippen LogP contribution in [-0.2, 0) is 72.5 Å². The molecule has 15 heteroatoms. The highest BCUT2D eigenvalue weighted by Crippen LogP contribution is 2.76. The zero-order chi connectivity index (χ0) is 60.8. The van der Waals surface area contributed by atoms with Crippen LogP contribution >= 0.6 is 0 Å². The summed E-state index contributed by atoms with van der Waals surface area (Å²) >= 11 is 0. The van der Waals surface area contributed by atoms with Crippen molar-refractivity contribution in [3.05, 3.63) is 200 Å². The van der Waals surface area contributed by atoms with Crippen LogP contribution in [0.3, 0.4) is 0 Å². The van der Waals surface area contributed by atoms with Crippen LogP contribution in [0.5, 0.6) is 0 Å². The lowest BCUT2D eigenvalue weighted by molar-refractivity contribution is -0.208. The van der Waals surface area contributed by atoms with Crippen LogP contribution in [0.1, 0.15) is 147 Å². The van der Waals surface area contributed by atoms with E-state index in [9.17, 15) is 19.2 Å². The summed E-state index contributed by atoms with van der Waals surface area (Å²) in [6.07, 6.45) is 11.6. The summed E-state index contributed by atoms with van der Waals surface area (Å²) < 4.78 is 43.0. The molecule has 15 nitrogen and oxygen atoms in total. The predicted octanol–water partition coefficient (Wildman–Crippen LogP) is 13.0. The minimum atomic E-state index is -0.973. The van der Waals surface area contributed by atoms with Crippen molar-refractivity contribution in [2.24, 2.45) is 50.2 Å². The van der Waals surface area contributed by atoms with Crippen LogP contribution in [0.2, 0.25) is 0 Å². The molecule has 87 heavy (non-hydrogen) atoms. The van der Waals surface area contributed by atoms with Crippen molar-refractivity contribution in [2.75, 3.05) is 6.61 Å². The summed E-state index contributed by atoms with van der Waals surface area (Å²) in [6, 6.07) is 40.5. The molecule has 0 unspecified atom stereocenters. The normalized spacial score (nSPS) is 31.2. The Bertz CT molecular complexity index is 3550. The first-order valence-electron chi connectivity index (χ1n) is 31.8. The van der Waals surface area contributed by atoms with Crippen LogP contribution in [0.4, 0.5) is 4.79 Å². The number of hydrogen-bond acceptors (Lipinski definition) is 12. The lowest BCUT2D eigenvalue weighted by Gasteiger charge is -2.71. The average molecular weight is 1180 g/mol. The molecule has 460 valence electrons. The molecular formula is C72H87N5O10. The molecule has 6 aliphatic rings. The van der Waals surface area contributed by atoms with E-state index in [0.29, 0.717) is 24.1 Å². The second-order valence-electron chi connectivity index (χ2n) is 28.2. The Balaban J connectivity index is 0.705. The zero-order valence-electron chi connectivity index (χ0n) is 51.8. The van der Waals surface area contributed by atoms with Gasteiger partial charge >= 0.3 is 17.8 Å². The quantitative estimate of drug-likeness (QED) is 0.0592. The minimum absolute atomic E-state index is 0.0105. The average Bonchev–Trinajstić information content (AvgIpc) is 1.31. The molecule has 3 heterocycles. The van der Waals surface area contributed by atoms with Crippen LogP contribution in [0, 0.1) is 50.2 Å². The molecule has 12 rings (SSSR count). The highest BCUT2D eigenvalue weighted by atomic mass is 16.7. The predicted molar refractivity (Wildman–Crippen MR) is 330 cm³/mol. The van der Waals surface area contributed by atoms with Gasteiger partial charge in [0.15, 0.2) is 6.23 Å². The Morgan fingerprint density at radius 3 is 1.95 bits per heavy atom. The number of esters is 1. The number of ether oxygens (including phenoxy) is 6. The zero-order valence-corrected chi connectivity index (χ0v) is 51.8. The SMILES string of the molecule is CC1(C)CC[C@]2(C(=O)OCc3ccccc3)CC[C@]3(C)C(=CC[C@@H]4[C@@]5(C)CC[C@H](OC(=O)OCCn6cc(C[C@H]7O[C@@H](n8ccc(=O)n(Cc9ccccc9)c8=O)[C@H](OCc8ccccc8)[C@@H]7OCc7ccccc7)nn6)C(C)(C)[C@@H]5CC[C@]43C)[C@@H]2C1. The van der Waals surface area contributed by atoms with Gasteiger partial charge in [0.1, 0.15) is 31.5 Å². The first kappa shape index (κ1) is 60.3. The molecule has 5 aliphatic carbocycles. The highest BCUT2D eigenvalue weighted by molar-refractivity contribution is 5.79. The monoisotopic (exact) mass is 1180 g/mol. The van der Waals surface area contributed by atoms with Gasteiger partial charge in [0.05, 0.1) is 43.5 Å². The van der Waals surface area contributed by atoms with Gasteiger partial charge in [0.2, 0.25) is 0 Å². The lowest BCUT2D eigenvalue weighted by atomic mass is 9.33. The van der Waals surface area contributed by atoms with Gasteiger partial charge in [-0.15, -0.1) is 5.10 Å². The third-order valence-corrected chi connectivity index (χ3v) is 22.4. The maximum absolute atomic E-state index is 14.6. The molecule has 1 aliphatic heterocycles. The summed E-state index contributed by atoms with van der Waals surface area (Å²) in [5.41, 5.74) is 4.21. The fourth-order valence-electron chi connectivity index (χ4n) is 17.4. The van der Waals surface area contributed by atoms with Crippen molar-refractivity contribution >= 4 is 12.1 Å². The van der Waals surface area contributed by atoms with Gasteiger partial charge in [-0.25, -0.2) is 14.3 Å². The van der Waals surface area contributed by atoms with Crippen molar-refractivity contribution in [3.8, 4) is 0 Å². The van der Waals surface area contributed by atoms with Crippen LogP contribution < -0.4 is 11.2 Å². The van der Waals surface area contributed by atoms with Gasteiger partial charge in [-0.05, 0) is 126 Å². The van der Waals surface area contributed by atoms with E-state index < -0.39 is 47.4 Å². The van der Waals surface area contributed by atoms with Crippen molar-refractivity contribution < 1.29 is 38.0 Å². The topological polar surface area (TPSA) is 164 Å². The van der Waals surface area contributed by atoms with Crippen molar-refractivity contribution in [3.63, 3.8) is 0 Å². The van der Waals surface area contributed by atoms with Crippen LogP contribution in [0.25, 0.3) is 0 Å². The summed E-state index contributed by atoms with van der Waals surface area (Å²) in [7, 11) is 0. The standard InChI is InChI=1S/C72H87N5O10/c1-67(2)35-37-72(64(79)85-48-52-26-18-11-19-27-52)38-36-70(6)54(55(72)43-67)28-29-58-69(5)33-31-59(68(3,4)57(69)30-34-71(58,70)7)87-66(81)82-41-40-75-45-53(73-74-75)42-56-61(83-46-50-22-14-9-15-23-50)62(84-47-51-24-16-10-17-25-51)63(86-56)76-39-32-60(78)77(65(76)80)44-49-20-12-8-13-21-49/h8-28,32,39,45,55-59,61-63H,29-31,33-38,40-44,46-48H2,1-7H3/t55-,56+,57-,58+,59-,61+,62+,63+,69-,70+,71+,72-/m0/s1. The minimum Gasteiger partial charge on any atom is -0.460 e. The van der Waals surface area contributed by atoms with Gasteiger partial charge < -0.3 is 28.4 Å². The molecule has 0 N–H and O–H groups in total. The van der Waals surface area contributed by atoms with Gasteiger partial charge in [0, 0.05) is 30.3 Å². The van der Waals surface area contributed by atoms with E-state index in [1.54, 1.807) is 10.9 Å². The molecule has 2 aromatic heterocycles. The Hall–Kier alpha value is -6.94. The number of benzene rings is 4. The smallest absolute Gasteiger partial charge is 0.460 e. The first-order chi connectivity index (χ1) is 41.8. The molecule has 4 saturated carbocycles. The third-order valence-electron chi connectivity index (χ3n) is 22.4. The van der Waals surface area contributed by atoms with Gasteiger partial charge in [-0.1, -0.05) is 187 Å². The molecule has 0 radical (unpaired) electrons. The number of aromatic nitrogens is 5. The van der Waals surface area contributed by atoms with Gasteiger partial charge in [-0.3, -0.25) is 18.7 Å². The van der Waals surface area contributed by atoms with E-state index in [1.807, 2.05) is 121 Å². The van der Waals surface area contributed by atoms with E-state index in [0.717, 1.165) is 86.5 Å². The number of fused-ring (bicyclic) bond motifs is 7. The maximum Gasteiger partial charge on any atom is 0.508 e. The maximum atomic E-state index is 14.6. The first-order valence-corrected chi connectivity index (χ1v) is 31.8. The number of carbonyl (C=O) groups is 2. The van der Waals surface area contributed by atoms with Crippen molar-refractivity contribution in [2.45, 2.75) is 183 Å². The summed E-state index contributed by atoms with van der Waals surface area (Å²) in [4.78, 5) is 56.0. The van der Waals surface area contributed by atoms with E-state index >= 15 is 0 Å². The molecule has 0 bridgehead atoms.